The number of carbonyl (C=O) groups is 1. The van der Waals surface area contributed by atoms with Gasteiger partial charge in [-0.1, -0.05) is 15.9 Å². The summed E-state index contributed by atoms with van der Waals surface area (Å²) in [6.07, 6.45) is 1.77. The molecule has 1 aromatic heterocycles. The summed E-state index contributed by atoms with van der Waals surface area (Å²) < 4.78 is 0.979. The van der Waals surface area contributed by atoms with Gasteiger partial charge in [0.1, 0.15) is 0 Å². The summed E-state index contributed by atoms with van der Waals surface area (Å²) in [6, 6.07) is 5.88. The Morgan fingerprint density at radius 3 is 2.94 bits per heavy atom. The zero-order valence-electron chi connectivity index (χ0n) is 9.25. The third-order valence-corrected chi connectivity index (χ3v) is 3.19. The molecule has 0 saturated heterocycles. The Labute approximate surface area is 103 Å². The molecule has 0 atom stereocenters. The number of H-pyrrole nitrogens is 1. The van der Waals surface area contributed by atoms with Gasteiger partial charge in [-0.15, -0.1) is 0 Å². The number of aromatic amines is 1. The van der Waals surface area contributed by atoms with Gasteiger partial charge in [-0.25, -0.2) is 0 Å². The zero-order valence-corrected chi connectivity index (χ0v) is 10.8. The number of amides is 1. The van der Waals surface area contributed by atoms with Crippen LogP contribution < -0.4 is 0 Å². The molecule has 0 radical (unpaired) electrons. The Bertz CT molecular complexity index is 533. The molecule has 2 aromatic rings. The van der Waals surface area contributed by atoms with Crippen LogP contribution in [-0.4, -0.2) is 29.4 Å². The van der Waals surface area contributed by atoms with Crippen molar-refractivity contribution in [1.29, 1.82) is 0 Å². The van der Waals surface area contributed by atoms with Crippen LogP contribution in [0.4, 0.5) is 0 Å². The molecule has 0 saturated carbocycles. The zero-order chi connectivity index (χ0) is 11.7. The van der Waals surface area contributed by atoms with E-state index in [0.29, 0.717) is 6.54 Å². The number of aromatic nitrogens is 1. The molecule has 0 unspecified atom stereocenters. The molecule has 1 heterocycles. The minimum absolute atomic E-state index is 0.0480. The minimum Gasteiger partial charge on any atom is -0.360 e. The van der Waals surface area contributed by atoms with E-state index in [4.69, 9.17) is 0 Å². The molecule has 1 N–H and O–H groups in total. The molecule has 84 valence electrons. The maximum absolute atomic E-state index is 12.1. The van der Waals surface area contributed by atoms with Crippen molar-refractivity contribution in [1.82, 2.24) is 9.88 Å². The highest BCUT2D eigenvalue weighted by atomic mass is 79.9. The lowest BCUT2D eigenvalue weighted by Gasteiger charge is -2.13. The number of hydrogen-bond acceptors (Lipinski definition) is 1. The lowest BCUT2D eigenvalue weighted by atomic mass is 10.1. The molecular formula is C12H13BrN2O. The van der Waals surface area contributed by atoms with Crippen LogP contribution in [0.25, 0.3) is 10.9 Å². The lowest BCUT2D eigenvalue weighted by Crippen LogP contribution is -2.25. The topological polar surface area (TPSA) is 36.1 Å². The third-order valence-electron chi connectivity index (χ3n) is 2.70. The smallest absolute Gasteiger partial charge is 0.255 e. The Morgan fingerprint density at radius 2 is 2.25 bits per heavy atom. The van der Waals surface area contributed by atoms with Crippen LogP contribution in [0.1, 0.15) is 17.3 Å². The van der Waals surface area contributed by atoms with Crippen molar-refractivity contribution in [3.63, 3.8) is 0 Å². The van der Waals surface area contributed by atoms with Crippen LogP contribution in [0, 0.1) is 0 Å². The average Bonchev–Trinajstić information content (AvgIpc) is 2.69. The van der Waals surface area contributed by atoms with Crippen LogP contribution in [0.3, 0.4) is 0 Å². The van der Waals surface area contributed by atoms with Crippen molar-refractivity contribution in [3.8, 4) is 0 Å². The summed E-state index contributed by atoms with van der Waals surface area (Å²) in [5, 5.41) is 0.958. The Balaban J connectivity index is 2.53. The fourth-order valence-electron chi connectivity index (χ4n) is 1.62. The fraction of sp³-hybridized carbons (Fsp3) is 0.250. The number of fused-ring (bicyclic) bond motifs is 1. The summed E-state index contributed by atoms with van der Waals surface area (Å²) in [5.41, 5.74) is 1.71. The number of carbonyl (C=O) groups excluding carboxylic acids is 1. The van der Waals surface area contributed by atoms with E-state index in [0.717, 1.165) is 20.9 Å². The molecule has 3 nitrogen and oxygen atoms in total. The summed E-state index contributed by atoms with van der Waals surface area (Å²) in [6.45, 7) is 2.67. The van der Waals surface area contributed by atoms with Crippen LogP contribution >= 0.6 is 15.9 Å². The van der Waals surface area contributed by atoms with Crippen molar-refractivity contribution in [3.05, 3.63) is 34.4 Å². The van der Waals surface area contributed by atoms with Gasteiger partial charge in [0.25, 0.3) is 5.91 Å². The SMILES string of the molecule is CCN(C)C(=O)c1c[nH]c2ccc(Br)cc12. The van der Waals surface area contributed by atoms with E-state index in [1.165, 1.54) is 0 Å². The number of benzene rings is 1. The lowest BCUT2D eigenvalue weighted by molar-refractivity contribution is 0.0804. The van der Waals surface area contributed by atoms with Crippen LogP contribution in [0.15, 0.2) is 28.9 Å². The Hall–Kier alpha value is -1.29. The van der Waals surface area contributed by atoms with Crippen molar-refractivity contribution < 1.29 is 4.79 Å². The van der Waals surface area contributed by atoms with E-state index in [1.54, 1.807) is 18.1 Å². The van der Waals surface area contributed by atoms with Crippen LogP contribution in [0.2, 0.25) is 0 Å². The molecule has 0 aliphatic carbocycles. The van der Waals surface area contributed by atoms with E-state index in [2.05, 4.69) is 20.9 Å². The van der Waals surface area contributed by atoms with Crippen LogP contribution in [-0.2, 0) is 0 Å². The Kier molecular flexibility index (Phi) is 3.01. The van der Waals surface area contributed by atoms with Gasteiger partial charge in [-0.3, -0.25) is 4.79 Å². The van der Waals surface area contributed by atoms with Gasteiger partial charge in [0.05, 0.1) is 5.56 Å². The Morgan fingerprint density at radius 1 is 1.50 bits per heavy atom. The van der Waals surface area contributed by atoms with Gasteiger partial charge in [0, 0.05) is 35.2 Å². The van der Waals surface area contributed by atoms with Crippen molar-refractivity contribution in [2.75, 3.05) is 13.6 Å². The molecule has 0 bridgehead atoms. The van der Waals surface area contributed by atoms with Crippen molar-refractivity contribution >= 4 is 32.7 Å². The van der Waals surface area contributed by atoms with Crippen molar-refractivity contribution in [2.45, 2.75) is 6.92 Å². The maximum Gasteiger partial charge on any atom is 0.255 e. The van der Waals surface area contributed by atoms with E-state index < -0.39 is 0 Å². The van der Waals surface area contributed by atoms with Gasteiger partial charge >= 0.3 is 0 Å². The fourth-order valence-corrected chi connectivity index (χ4v) is 1.98. The van der Waals surface area contributed by atoms with E-state index >= 15 is 0 Å². The van der Waals surface area contributed by atoms with Crippen LogP contribution in [0.5, 0.6) is 0 Å². The summed E-state index contributed by atoms with van der Waals surface area (Å²) >= 11 is 3.42. The van der Waals surface area contributed by atoms with Gasteiger partial charge in [-0.05, 0) is 25.1 Å². The molecule has 0 aliphatic heterocycles. The highest BCUT2D eigenvalue weighted by Crippen LogP contribution is 2.23. The third kappa shape index (κ3) is 1.85. The number of nitrogens with zero attached hydrogens (tertiary/aromatic N) is 1. The molecule has 1 amide bonds. The van der Waals surface area contributed by atoms with E-state index in [-0.39, 0.29) is 5.91 Å². The summed E-state index contributed by atoms with van der Waals surface area (Å²) in [5.74, 6) is 0.0480. The minimum atomic E-state index is 0.0480. The predicted molar refractivity (Wildman–Crippen MR) is 68.6 cm³/mol. The maximum atomic E-state index is 12.1. The van der Waals surface area contributed by atoms with Gasteiger partial charge in [0.15, 0.2) is 0 Å². The number of nitrogens with one attached hydrogen (secondary N) is 1. The molecule has 0 aliphatic rings. The highest BCUT2D eigenvalue weighted by molar-refractivity contribution is 9.10. The predicted octanol–water partition coefficient (Wildman–Crippen LogP) is 3.02. The number of rotatable bonds is 2. The largest absolute Gasteiger partial charge is 0.360 e. The summed E-state index contributed by atoms with van der Waals surface area (Å²) in [7, 11) is 1.80. The normalized spacial score (nSPS) is 10.7. The molecular weight excluding hydrogens is 268 g/mol. The van der Waals surface area contributed by atoms with Crippen molar-refractivity contribution in [2.24, 2.45) is 0 Å². The second kappa shape index (κ2) is 4.29. The molecule has 2 rings (SSSR count). The number of halogens is 1. The average molecular weight is 281 g/mol. The molecule has 16 heavy (non-hydrogen) atoms. The molecule has 1 aromatic carbocycles. The van der Waals surface area contributed by atoms with Gasteiger partial charge in [0.2, 0.25) is 0 Å². The first kappa shape index (κ1) is 11.2. The van der Waals surface area contributed by atoms with E-state index in [1.807, 2.05) is 25.1 Å². The standard InChI is InChI=1S/C12H13BrN2O/c1-3-15(2)12(16)10-7-14-11-5-4-8(13)6-9(10)11/h4-7,14H,3H2,1-2H3. The highest BCUT2D eigenvalue weighted by Gasteiger charge is 2.14. The van der Waals surface area contributed by atoms with Gasteiger partial charge < -0.3 is 9.88 Å². The first-order chi connectivity index (χ1) is 7.63. The first-order valence-corrected chi connectivity index (χ1v) is 5.95. The molecule has 0 spiro atoms. The number of hydrogen-bond donors (Lipinski definition) is 1. The van der Waals surface area contributed by atoms with E-state index in [9.17, 15) is 4.79 Å². The second-order valence-corrected chi connectivity index (χ2v) is 4.63. The molecule has 4 heteroatoms. The quantitative estimate of drug-likeness (QED) is 0.902. The molecule has 0 fully saturated rings. The summed E-state index contributed by atoms with van der Waals surface area (Å²) in [4.78, 5) is 16.9. The van der Waals surface area contributed by atoms with Gasteiger partial charge in [-0.2, -0.15) is 0 Å². The monoisotopic (exact) mass is 280 g/mol. The first-order valence-electron chi connectivity index (χ1n) is 5.15. The second-order valence-electron chi connectivity index (χ2n) is 3.71.